The largest absolute Gasteiger partial charge is 0.494 e. The van der Waals surface area contributed by atoms with Gasteiger partial charge in [0.2, 0.25) is 10.0 Å². The summed E-state index contributed by atoms with van der Waals surface area (Å²) in [6.07, 6.45) is -10.1. The smallest absolute Gasteiger partial charge is 0.416 e. The molecule has 0 spiro atoms. The van der Waals surface area contributed by atoms with E-state index in [-0.39, 0.29) is 31.2 Å². The number of hydrogen-bond donors (Lipinski definition) is 1. The van der Waals surface area contributed by atoms with Gasteiger partial charge in [-0.05, 0) is 43.2 Å². The van der Waals surface area contributed by atoms with Crippen molar-refractivity contribution in [1.82, 2.24) is 4.72 Å². The van der Waals surface area contributed by atoms with Gasteiger partial charge in [0.15, 0.2) is 0 Å². The molecule has 0 aromatic heterocycles. The Hall–Kier alpha value is -2.27. The Bertz CT molecular complexity index is 923. The highest BCUT2D eigenvalue weighted by molar-refractivity contribution is 7.89. The molecule has 0 bridgehead atoms. The maximum absolute atomic E-state index is 12.9. The third-order valence-corrected chi connectivity index (χ3v) is 5.27. The van der Waals surface area contributed by atoms with E-state index in [2.05, 4.69) is 0 Å². The average Bonchev–Trinajstić information content (AvgIpc) is 2.61. The van der Waals surface area contributed by atoms with Crippen LogP contribution in [0.5, 0.6) is 5.75 Å². The second kappa shape index (κ2) is 8.62. The molecule has 0 fully saturated rings. The van der Waals surface area contributed by atoms with Crippen LogP contribution < -0.4 is 9.46 Å². The lowest BCUT2D eigenvalue weighted by Crippen LogP contribution is -2.27. The molecule has 0 aliphatic heterocycles. The predicted molar refractivity (Wildman–Crippen MR) is 92.9 cm³/mol. The van der Waals surface area contributed by atoms with E-state index < -0.39 is 38.4 Å². The Labute approximate surface area is 163 Å². The second-order valence-electron chi connectivity index (χ2n) is 5.93. The molecule has 11 heteroatoms. The molecule has 0 amide bonds. The molecule has 29 heavy (non-hydrogen) atoms. The highest BCUT2D eigenvalue weighted by atomic mass is 32.2. The molecule has 4 nitrogen and oxygen atoms in total. The Morgan fingerprint density at radius 3 is 2.00 bits per heavy atom. The maximum Gasteiger partial charge on any atom is 0.416 e. The third kappa shape index (κ3) is 6.10. The van der Waals surface area contributed by atoms with Crippen molar-refractivity contribution in [3.8, 4) is 5.75 Å². The zero-order chi connectivity index (χ0) is 21.9. The Kier molecular flexibility index (Phi) is 6.84. The van der Waals surface area contributed by atoms with Gasteiger partial charge in [0.25, 0.3) is 0 Å². The maximum atomic E-state index is 12.9. The van der Waals surface area contributed by atoms with Crippen LogP contribution in [0.3, 0.4) is 0 Å². The summed E-state index contributed by atoms with van der Waals surface area (Å²) in [6, 6.07) is 6.95. The van der Waals surface area contributed by atoms with Crippen molar-refractivity contribution < 1.29 is 39.5 Å². The monoisotopic (exact) mass is 441 g/mol. The Morgan fingerprint density at radius 1 is 0.931 bits per heavy atom. The van der Waals surface area contributed by atoms with E-state index in [1.54, 1.807) is 31.2 Å². The first-order valence-corrected chi connectivity index (χ1v) is 9.83. The quantitative estimate of drug-likeness (QED) is 0.637. The van der Waals surface area contributed by atoms with Gasteiger partial charge in [0.05, 0.1) is 22.6 Å². The van der Waals surface area contributed by atoms with E-state index in [1.165, 1.54) is 0 Å². The molecule has 0 radical (unpaired) electrons. The first-order valence-electron chi connectivity index (χ1n) is 8.34. The molecule has 160 valence electrons. The van der Waals surface area contributed by atoms with Crippen LogP contribution in [0.25, 0.3) is 0 Å². The first-order chi connectivity index (χ1) is 13.3. The van der Waals surface area contributed by atoms with Crippen LogP contribution in [-0.4, -0.2) is 21.6 Å². The number of nitrogens with one attached hydrogen (secondary N) is 1. The summed E-state index contributed by atoms with van der Waals surface area (Å²) in [4.78, 5) is -1.11. The minimum Gasteiger partial charge on any atom is -0.494 e. The number of benzene rings is 2. The molecule has 2 aromatic carbocycles. The van der Waals surface area contributed by atoms with Crippen LogP contribution in [0, 0.1) is 0 Å². The van der Waals surface area contributed by atoms with Crippen molar-refractivity contribution in [1.29, 1.82) is 0 Å². The van der Waals surface area contributed by atoms with E-state index in [0.717, 1.165) is 0 Å². The lowest BCUT2D eigenvalue weighted by atomic mass is 10.1. The van der Waals surface area contributed by atoms with Crippen molar-refractivity contribution in [3.05, 3.63) is 59.2 Å². The fourth-order valence-corrected chi connectivity index (χ4v) is 3.59. The number of halogens is 6. The molecule has 1 N–H and O–H groups in total. The molecular formula is C18H17F6NO3S. The summed E-state index contributed by atoms with van der Waals surface area (Å²) in [5, 5.41) is 0. The topological polar surface area (TPSA) is 55.4 Å². The lowest BCUT2D eigenvalue weighted by molar-refractivity contribution is -0.143. The van der Waals surface area contributed by atoms with Crippen molar-refractivity contribution in [2.24, 2.45) is 0 Å². The van der Waals surface area contributed by atoms with Crippen molar-refractivity contribution >= 4 is 10.0 Å². The van der Waals surface area contributed by atoms with E-state index in [1.807, 2.05) is 4.72 Å². The summed E-state index contributed by atoms with van der Waals surface area (Å²) in [5.41, 5.74) is -2.76. The van der Waals surface area contributed by atoms with Crippen LogP contribution in [-0.2, 0) is 28.8 Å². The van der Waals surface area contributed by atoms with Crippen LogP contribution >= 0.6 is 0 Å². The average molecular weight is 441 g/mol. The number of sulfonamides is 1. The molecular weight excluding hydrogens is 424 g/mol. The number of hydrogen-bond acceptors (Lipinski definition) is 3. The normalized spacial score (nSPS) is 12.8. The lowest BCUT2D eigenvalue weighted by Gasteiger charge is -2.15. The van der Waals surface area contributed by atoms with Crippen LogP contribution in [0.1, 0.15) is 23.6 Å². The van der Waals surface area contributed by atoms with Gasteiger partial charge in [0.1, 0.15) is 5.75 Å². The minimum atomic E-state index is -5.14. The third-order valence-electron chi connectivity index (χ3n) is 3.83. The summed E-state index contributed by atoms with van der Waals surface area (Å²) in [5.74, 6) is 0.507. The molecule has 0 saturated heterocycles. The van der Waals surface area contributed by atoms with Gasteiger partial charge in [-0.15, -0.1) is 0 Å². The van der Waals surface area contributed by atoms with Crippen LogP contribution in [0.2, 0.25) is 0 Å². The van der Waals surface area contributed by atoms with Crippen molar-refractivity contribution in [3.63, 3.8) is 0 Å². The van der Waals surface area contributed by atoms with Crippen molar-refractivity contribution in [2.75, 3.05) is 13.2 Å². The molecule has 2 aromatic rings. The van der Waals surface area contributed by atoms with E-state index in [9.17, 15) is 34.8 Å². The van der Waals surface area contributed by atoms with E-state index >= 15 is 0 Å². The molecule has 0 heterocycles. The fourth-order valence-electron chi connectivity index (χ4n) is 2.49. The SMILES string of the molecule is CCOc1ccccc1CCNS(=O)(=O)c1cc(C(F)(F)F)cc(C(F)(F)F)c1. The van der Waals surface area contributed by atoms with Gasteiger partial charge < -0.3 is 4.74 Å². The number of ether oxygens (including phenoxy) is 1. The van der Waals surface area contributed by atoms with Crippen LogP contribution in [0.15, 0.2) is 47.4 Å². The summed E-state index contributed by atoms with van der Waals surface area (Å²) in [6.45, 7) is 1.88. The number of para-hydroxylation sites is 1. The first kappa shape index (κ1) is 23.0. The van der Waals surface area contributed by atoms with Gasteiger partial charge in [-0.25, -0.2) is 13.1 Å². The molecule has 0 aliphatic rings. The van der Waals surface area contributed by atoms with E-state index in [0.29, 0.717) is 17.9 Å². The van der Waals surface area contributed by atoms with Gasteiger partial charge in [0, 0.05) is 6.54 Å². The summed E-state index contributed by atoms with van der Waals surface area (Å²) in [7, 11) is -4.61. The van der Waals surface area contributed by atoms with Crippen molar-refractivity contribution in [2.45, 2.75) is 30.6 Å². The molecule has 0 atom stereocenters. The standard InChI is InChI=1S/C18H17F6NO3S/c1-2-28-16-6-4-3-5-12(16)7-8-25-29(26,27)15-10-13(17(19,20)21)9-14(11-15)18(22,23)24/h3-6,9-11,25H,2,7-8H2,1H3. The Morgan fingerprint density at radius 2 is 1.48 bits per heavy atom. The molecule has 0 aliphatic carbocycles. The number of rotatable bonds is 7. The highest BCUT2D eigenvalue weighted by Gasteiger charge is 2.38. The second-order valence-corrected chi connectivity index (χ2v) is 7.70. The number of alkyl halides is 6. The summed E-state index contributed by atoms with van der Waals surface area (Å²) >= 11 is 0. The van der Waals surface area contributed by atoms with Gasteiger partial charge in [-0.2, -0.15) is 26.3 Å². The van der Waals surface area contributed by atoms with Gasteiger partial charge in [-0.1, -0.05) is 18.2 Å². The van der Waals surface area contributed by atoms with Gasteiger partial charge >= 0.3 is 12.4 Å². The zero-order valence-corrected chi connectivity index (χ0v) is 15.9. The van der Waals surface area contributed by atoms with E-state index in [4.69, 9.17) is 4.74 Å². The zero-order valence-electron chi connectivity index (χ0n) is 15.1. The highest BCUT2D eigenvalue weighted by Crippen LogP contribution is 2.37. The minimum absolute atomic E-state index is 0.125. The Balaban J connectivity index is 2.27. The van der Waals surface area contributed by atoms with Gasteiger partial charge in [-0.3, -0.25) is 0 Å². The fraction of sp³-hybridized carbons (Fsp3) is 0.333. The summed E-state index contributed by atoms with van der Waals surface area (Å²) < 4.78 is 110. The molecule has 2 rings (SSSR count). The molecule has 0 unspecified atom stereocenters. The van der Waals surface area contributed by atoms with Crippen LogP contribution in [0.4, 0.5) is 26.3 Å². The molecule has 0 saturated carbocycles. The predicted octanol–water partition coefficient (Wildman–Crippen LogP) is 4.64.